The van der Waals surface area contributed by atoms with Crippen LogP contribution in [0.15, 0.2) is 23.8 Å². The van der Waals surface area contributed by atoms with Crippen molar-refractivity contribution in [1.82, 2.24) is 5.32 Å². The lowest BCUT2D eigenvalue weighted by atomic mass is 9.82. The molecule has 1 aliphatic carbocycles. The lowest BCUT2D eigenvalue weighted by Crippen LogP contribution is -2.47. The highest BCUT2D eigenvalue weighted by Gasteiger charge is 2.50. The summed E-state index contributed by atoms with van der Waals surface area (Å²) in [5, 5.41) is 14.1. The van der Waals surface area contributed by atoms with Gasteiger partial charge in [-0.25, -0.2) is 0 Å². The average molecular weight is 290 g/mol. The normalized spacial score (nSPS) is 33.8. The van der Waals surface area contributed by atoms with E-state index >= 15 is 0 Å². The number of hydrogen-bond acceptors (Lipinski definition) is 4. The van der Waals surface area contributed by atoms with Crippen molar-refractivity contribution in [3.8, 4) is 0 Å². The summed E-state index contributed by atoms with van der Waals surface area (Å²) in [6, 6.07) is 0. The van der Waals surface area contributed by atoms with Crippen LogP contribution in [-0.2, 0) is 14.3 Å². The summed E-state index contributed by atoms with van der Waals surface area (Å²) >= 11 is 0. The van der Waals surface area contributed by atoms with E-state index < -0.39 is 30.0 Å². The van der Waals surface area contributed by atoms with Crippen molar-refractivity contribution in [1.29, 1.82) is 0 Å². The van der Waals surface area contributed by atoms with Crippen molar-refractivity contribution < 1.29 is 19.4 Å². The Morgan fingerprint density at radius 3 is 2.67 bits per heavy atom. The van der Waals surface area contributed by atoms with Gasteiger partial charge in [-0.1, -0.05) is 23.8 Å². The largest absolute Gasteiger partial charge is 0.550 e. The van der Waals surface area contributed by atoms with E-state index in [1.807, 2.05) is 0 Å². The first-order chi connectivity index (χ1) is 10.2. The Bertz CT molecular complexity index is 497. The fourth-order valence-electron chi connectivity index (χ4n) is 3.50. The van der Waals surface area contributed by atoms with Crippen molar-refractivity contribution in [3.05, 3.63) is 23.8 Å². The second-order valence-corrected chi connectivity index (χ2v) is 5.97. The number of carbonyl (C=O) groups excluding carboxylic acids is 2. The number of ether oxygens (including phenoxy) is 1. The van der Waals surface area contributed by atoms with E-state index in [1.165, 1.54) is 18.4 Å². The predicted molar refractivity (Wildman–Crippen MR) is 74.0 cm³/mol. The van der Waals surface area contributed by atoms with E-state index in [2.05, 4.69) is 11.4 Å². The molecule has 21 heavy (non-hydrogen) atoms. The molecule has 114 valence electrons. The molecule has 4 atom stereocenters. The van der Waals surface area contributed by atoms with Crippen LogP contribution in [0.3, 0.4) is 0 Å². The minimum atomic E-state index is -1.21. The van der Waals surface area contributed by atoms with Gasteiger partial charge in [-0.15, -0.1) is 0 Å². The Labute approximate surface area is 124 Å². The van der Waals surface area contributed by atoms with Gasteiger partial charge in [0.25, 0.3) is 0 Å². The van der Waals surface area contributed by atoms with E-state index in [1.54, 1.807) is 12.2 Å². The molecule has 0 aromatic heterocycles. The first-order valence-electron chi connectivity index (χ1n) is 7.67. The first-order valence-corrected chi connectivity index (χ1v) is 7.67. The van der Waals surface area contributed by atoms with Crippen LogP contribution in [0.2, 0.25) is 0 Å². The van der Waals surface area contributed by atoms with Gasteiger partial charge in [0, 0.05) is 18.4 Å². The van der Waals surface area contributed by atoms with Crippen molar-refractivity contribution in [2.45, 2.75) is 44.3 Å². The van der Waals surface area contributed by atoms with Crippen molar-refractivity contribution in [3.63, 3.8) is 0 Å². The Hall–Kier alpha value is -1.62. The summed E-state index contributed by atoms with van der Waals surface area (Å²) in [6.07, 6.45) is 10.3. The number of allylic oxidation sites excluding steroid dienone is 1. The molecule has 5 nitrogen and oxygen atoms in total. The van der Waals surface area contributed by atoms with Crippen molar-refractivity contribution in [2.75, 3.05) is 6.54 Å². The summed E-state index contributed by atoms with van der Waals surface area (Å²) in [7, 11) is 0. The predicted octanol–water partition coefficient (Wildman–Crippen LogP) is 0.313. The van der Waals surface area contributed by atoms with Crippen LogP contribution in [0, 0.1) is 11.8 Å². The molecule has 1 saturated heterocycles. The Balaban J connectivity index is 1.54. The fraction of sp³-hybridized carbons (Fsp3) is 0.625. The maximum Gasteiger partial charge on any atom is 0.226 e. The van der Waals surface area contributed by atoms with Gasteiger partial charge in [0.2, 0.25) is 5.91 Å². The maximum absolute atomic E-state index is 12.3. The number of hydrogen-bond donors (Lipinski definition) is 1. The molecule has 0 aromatic rings. The van der Waals surface area contributed by atoms with Crippen LogP contribution < -0.4 is 10.4 Å². The molecular formula is C16H20NO4-. The first kappa shape index (κ1) is 14.3. The van der Waals surface area contributed by atoms with Gasteiger partial charge in [0.05, 0.1) is 18.1 Å². The summed E-state index contributed by atoms with van der Waals surface area (Å²) in [5.41, 5.74) is 1.39. The van der Waals surface area contributed by atoms with Crippen LogP contribution in [-0.4, -0.2) is 30.6 Å². The lowest BCUT2D eigenvalue weighted by molar-refractivity contribution is -0.313. The molecule has 0 aromatic carbocycles. The highest BCUT2D eigenvalue weighted by Crippen LogP contribution is 2.38. The van der Waals surface area contributed by atoms with E-state index in [0.717, 1.165) is 19.3 Å². The summed E-state index contributed by atoms with van der Waals surface area (Å²) in [5.74, 6) is -2.97. The number of rotatable bonds is 5. The monoisotopic (exact) mass is 290 g/mol. The van der Waals surface area contributed by atoms with E-state index in [4.69, 9.17) is 4.74 Å². The number of carbonyl (C=O) groups is 2. The van der Waals surface area contributed by atoms with Gasteiger partial charge < -0.3 is 20.0 Å². The molecule has 0 radical (unpaired) electrons. The zero-order valence-electron chi connectivity index (χ0n) is 11.9. The van der Waals surface area contributed by atoms with Gasteiger partial charge in [-0.2, -0.15) is 0 Å². The van der Waals surface area contributed by atoms with Crippen LogP contribution in [0.1, 0.15) is 32.1 Å². The number of carboxylic acids is 1. The summed E-state index contributed by atoms with van der Waals surface area (Å²) in [6.45, 7) is 0.558. The van der Waals surface area contributed by atoms with Crippen LogP contribution >= 0.6 is 0 Å². The molecule has 1 N–H and O–H groups in total. The average Bonchev–Trinajstić information content (AvgIpc) is 3.08. The molecular weight excluding hydrogens is 270 g/mol. The van der Waals surface area contributed by atoms with Crippen molar-refractivity contribution in [2.24, 2.45) is 11.8 Å². The second kappa shape index (κ2) is 6.02. The molecule has 3 aliphatic rings. The SMILES string of the molecule is O=C([O-])[C@H]1[C@H](C(=O)NCCC2=CCCCC2)[C@H]2C=C[C@@H]1O2. The third kappa shape index (κ3) is 2.88. The van der Waals surface area contributed by atoms with E-state index in [9.17, 15) is 14.7 Å². The number of carboxylic acid groups (broad SMARTS) is 1. The van der Waals surface area contributed by atoms with Crippen LogP contribution in [0.4, 0.5) is 0 Å². The quantitative estimate of drug-likeness (QED) is 0.739. The number of aliphatic carboxylic acids is 1. The van der Waals surface area contributed by atoms with Gasteiger partial charge in [-0.3, -0.25) is 4.79 Å². The highest BCUT2D eigenvalue weighted by molar-refractivity contribution is 5.86. The lowest BCUT2D eigenvalue weighted by Gasteiger charge is -2.25. The molecule has 1 amide bonds. The minimum absolute atomic E-state index is 0.238. The zero-order chi connectivity index (χ0) is 14.8. The number of amides is 1. The van der Waals surface area contributed by atoms with E-state index in [-0.39, 0.29) is 5.91 Å². The van der Waals surface area contributed by atoms with Gasteiger partial charge in [-0.05, 0) is 32.1 Å². The third-order valence-corrected chi connectivity index (χ3v) is 4.60. The molecule has 0 unspecified atom stereocenters. The van der Waals surface area contributed by atoms with Crippen LogP contribution in [0.25, 0.3) is 0 Å². The fourth-order valence-corrected chi connectivity index (χ4v) is 3.50. The Morgan fingerprint density at radius 2 is 2.00 bits per heavy atom. The molecule has 1 fully saturated rings. The van der Waals surface area contributed by atoms with Gasteiger partial charge in [0.15, 0.2) is 0 Å². The zero-order valence-corrected chi connectivity index (χ0v) is 11.9. The number of nitrogens with one attached hydrogen (secondary N) is 1. The number of fused-ring (bicyclic) bond motifs is 2. The smallest absolute Gasteiger partial charge is 0.226 e. The van der Waals surface area contributed by atoms with Crippen molar-refractivity contribution >= 4 is 11.9 Å². The van der Waals surface area contributed by atoms with Gasteiger partial charge in [0.1, 0.15) is 0 Å². The molecule has 2 aliphatic heterocycles. The molecule has 5 heteroatoms. The molecule has 2 heterocycles. The van der Waals surface area contributed by atoms with E-state index in [0.29, 0.717) is 6.54 Å². The molecule has 0 spiro atoms. The highest BCUT2D eigenvalue weighted by atomic mass is 16.5. The summed E-state index contributed by atoms with van der Waals surface area (Å²) in [4.78, 5) is 23.5. The Morgan fingerprint density at radius 1 is 1.24 bits per heavy atom. The standard InChI is InChI=1S/C16H21NO4/c18-15(17-9-8-10-4-2-1-3-5-10)13-11-6-7-12(21-11)14(13)16(19)20/h4,6-7,11-14H,1-3,5,8-9H2,(H,17,18)(H,19,20)/p-1/t11-,12+,13-,14-/m1/s1. The topological polar surface area (TPSA) is 78.5 Å². The molecule has 2 bridgehead atoms. The molecule has 0 saturated carbocycles. The minimum Gasteiger partial charge on any atom is -0.550 e. The Kier molecular flexibility index (Phi) is 4.10. The molecule has 3 rings (SSSR count). The second-order valence-electron chi connectivity index (χ2n) is 5.97. The van der Waals surface area contributed by atoms with Crippen LogP contribution in [0.5, 0.6) is 0 Å². The third-order valence-electron chi connectivity index (χ3n) is 4.60. The summed E-state index contributed by atoms with van der Waals surface area (Å²) < 4.78 is 5.47. The maximum atomic E-state index is 12.3. The van der Waals surface area contributed by atoms with Gasteiger partial charge >= 0.3 is 0 Å².